The van der Waals surface area contributed by atoms with Crippen molar-refractivity contribution in [2.24, 2.45) is 7.05 Å². The molecular formula is C28H34N4O4. The number of nitrogens with one attached hydrogen (secondary N) is 1. The van der Waals surface area contributed by atoms with E-state index in [0.717, 1.165) is 42.5 Å². The van der Waals surface area contributed by atoms with Crippen LogP contribution in [0.5, 0.6) is 0 Å². The quantitative estimate of drug-likeness (QED) is 0.372. The van der Waals surface area contributed by atoms with Gasteiger partial charge >= 0.3 is 5.97 Å². The lowest BCUT2D eigenvalue weighted by Gasteiger charge is -2.16. The number of aryl methyl sites for hydroxylation is 4. The third kappa shape index (κ3) is 7.01. The Kier molecular flexibility index (Phi) is 8.84. The maximum Gasteiger partial charge on any atom is 0.326 e. The fourth-order valence-electron chi connectivity index (χ4n) is 4.52. The van der Waals surface area contributed by atoms with Crippen molar-refractivity contribution in [1.82, 2.24) is 20.1 Å². The summed E-state index contributed by atoms with van der Waals surface area (Å²) in [4.78, 5) is 29.2. The van der Waals surface area contributed by atoms with Crippen molar-refractivity contribution in [3.05, 3.63) is 71.3 Å². The molecule has 1 aliphatic carbocycles. The number of amides is 1. The Hall–Kier alpha value is -3.52. The summed E-state index contributed by atoms with van der Waals surface area (Å²) in [6.45, 7) is 1.05. The standard InChI is InChI=1S/C28H34N4O4/c1-32-19-23(18-29-32)21-8-4-9-22(17-21)27(33)31-26(28(34)35)12-6-16-36-15-5-10-24-14-13-20-7-2-3-11-25(20)30-24/h4,8-9,13-14,17-19,26H,2-3,5-7,10-12,15-16H2,1H3,(H,31,33)(H,34,35). The first kappa shape index (κ1) is 25.6. The van der Waals surface area contributed by atoms with E-state index in [1.165, 1.54) is 24.1 Å². The van der Waals surface area contributed by atoms with E-state index in [0.29, 0.717) is 31.6 Å². The number of hydrogen-bond acceptors (Lipinski definition) is 5. The second-order valence-electron chi connectivity index (χ2n) is 9.32. The molecule has 0 saturated carbocycles. The van der Waals surface area contributed by atoms with Crippen molar-refractivity contribution < 1.29 is 19.4 Å². The van der Waals surface area contributed by atoms with Crippen LogP contribution in [0.4, 0.5) is 0 Å². The van der Waals surface area contributed by atoms with Gasteiger partial charge in [0, 0.05) is 49.0 Å². The molecule has 1 amide bonds. The molecule has 0 radical (unpaired) electrons. The number of carboxylic acids is 1. The van der Waals surface area contributed by atoms with Gasteiger partial charge in [-0.3, -0.25) is 14.5 Å². The van der Waals surface area contributed by atoms with Gasteiger partial charge in [0.15, 0.2) is 0 Å². The molecule has 36 heavy (non-hydrogen) atoms. The van der Waals surface area contributed by atoms with E-state index in [4.69, 9.17) is 9.72 Å². The summed E-state index contributed by atoms with van der Waals surface area (Å²) in [6.07, 6.45) is 10.9. The number of fused-ring (bicyclic) bond motifs is 1. The topological polar surface area (TPSA) is 106 Å². The van der Waals surface area contributed by atoms with E-state index in [2.05, 4.69) is 22.5 Å². The molecule has 2 aromatic heterocycles. The highest BCUT2D eigenvalue weighted by Crippen LogP contribution is 2.21. The normalized spacial score (nSPS) is 13.7. The van der Waals surface area contributed by atoms with Gasteiger partial charge in [0.05, 0.1) is 6.20 Å². The monoisotopic (exact) mass is 490 g/mol. The third-order valence-electron chi connectivity index (χ3n) is 6.51. The van der Waals surface area contributed by atoms with Crippen LogP contribution in [0.15, 0.2) is 48.8 Å². The fourth-order valence-corrected chi connectivity index (χ4v) is 4.52. The summed E-state index contributed by atoms with van der Waals surface area (Å²) in [5.41, 5.74) is 5.91. The van der Waals surface area contributed by atoms with Crippen molar-refractivity contribution in [1.29, 1.82) is 0 Å². The highest BCUT2D eigenvalue weighted by atomic mass is 16.5. The zero-order valence-corrected chi connectivity index (χ0v) is 20.8. The molecule has 0 saturated heterocycles. The predicted octanol–water partition coefficient (Wildman–Crippen LogP) is 3.97. The molecule has 0 aliphatic heterocycles. The van der Waals surface area contributed by atoms with E-state index >= 15 is 0 Å². The summed E-state index contributed by atoms with van der Waals surface area (Å²) in [5.74, 6) is -1.46. The molecule has 0 bridgehead atoms. The van der Waals surface area contributed by atoms with Gasteiger partial charge in [0.1, 0.15) is 6.04 Å². The van der Waals surface area contributed by atoms with Crippen molar-refractivity contribution in [2.45, 2.75) is 57.4 Å². The summed E-state index contributed by atoms with van der Waals surface area (Å²) >= 11 is 0. The number of carbonyl (C=O) groups excluding carboxylic acids is 1. The molecule has 0 fully saturated rings. The summed E-state index contributed by atoms with van der Waals surface area (Å²) in [5, 5.41) is 16.4. The van der Waals surface area contributed by atoms with E-state index < -0.39 is 17.9 Å². The van der Waals surface area contributed by atoms with Gasteiger partial charge < -0.3 is 15.2 Å². The molecule has 1 aliphatic rings. The Bertz CT molecular complexity index is 1190. The Morgan fingerprint density at radius 2 is 1.94 bits per heavy atom. The molecule has 3 aromatic rings. The van der Waals surface area contributed by atoms with Crippen molar-refractivity contribution in [3.8, 4) is 11.1 Å². The van der Waals surface area contributed by atoms with Crippen molar-refractivity contribution >= 4 is 11.9 Å². The minimum Gasteiger partial charge on any atom is -0.480 e. The molecule has 190 valence electrons. The molecule has 2 N–H and O–H groups in total. The number of aromatic nitrogens is 3. The van der Waals surface area contributed by atoms with E-state index in [1.54, 1.807) is 29.1 Å². The number of rotatable bonds is 12. The molecule has 0 spiro atoms. The fraction of sp³-hybridized carbons (Fsp3) is 0.429. The van der Waals surface area contributed by atoms with Crippen LogP contribution in [0.2, 0.25) is 0 Å². The molecule has 2 heterocycles. The van der Waals surface area contributed by atoms with Gasteiger partial charge in [-0.15, -0.1) is 0 Å². The number of benzene rings is 1. The summed E-state index contributed by atoms with van der Waals surface area (Å²) in [7, 11) is 1.83. The first-order valence-electron chi connectivity index (χ1n) is 12.7. The number of pyridine rings is 1. The Morgan fingerprint density at radius 3 is 2.75 bits per heavy atom. The van der Waals surface area contributed by atoms with Gasteiger partial charge in [0.25, 0.3) is 5.91 Å². The minimum atomic E-state index is -1.05. The SMILES string of the molecule is Cn1cc(-c2cccc(C(=O)NC(CCCOCCCc3ccc4c(n3)CCCC4)C(=O)O)c2)cn1. The second kappa shape index (κ2) is 12.4. The Balaban J connectivity index is 1.18. The zero-order valence-electron chi connectivity index (χ0n) is 20.8. The molecule has 4 rings (SSSR count). The first-order chi connectivity index (χ1) is 17.5. The van der Waals surface area contributed by atoms with Crippen LogP contribution < -0.4 is 5.32 Å². The lowest BCUT2D eigenvalue weighted by molar-refractivity contribution is -0.139. The number of nitrogens with zero attached hydrogens (tertiary/aromatic N) is 3. The van der Waals surface area contributed by atoms with E-state index in [9.17, 15) is 14.7 Å². The van der Waals surface area contributed by atoms with E-state index in [-0.39, 0.29) is 0 Å². The van der Waals surface area contributed by atoms with Crippen LogP contribution in [-0.2, 0) is 35.8 Å². The average molecular weight is 491 g/mol. The smallest absolute Gasteiger partial charge is 0.326 e. The van der Waals surface area contributed by atoms with Crippen LogP contribution >= 0.6 is 0 Å². The Labute approximate surface area is 211 Å². The maximum atomic E-state index is 12.7. The maximum absolute atomic E-state index is 12.7. The molecular weight excluding hydrogens is 456 g/mol. The lowest BCUT2D eigenvalue weighted by atomic mass is 9.95. The van der Waals surface area contributed by atoms with Crippen LogP contribution in [0, 0.1) is 0 Å². The highest BCUT2D eigenvalue weighted by molar-refractivity contribution is 5.97. The number of aliphatic carboxylic acids is 1. The number of hydrogen-bond donors (Lipinski definition) is 2. The van der Waals surface area contributed by atoms with Crippen LogP contribution in [-0.4, -0.2) is 51.0 Å². The van der Waals surface area contributed by atoms with Gasteiger partial charge in [-0.2, -0.15) is 5.10 Å². The molecule has 8 nitrogen and oxygen atoms in total. The van der Waals surface area contributed by atoms with Crippen molar-refractivity contribution in [2.75, 3.05) is 13.2 Å². The molecule has 1 atom stereocenters. The number of carboxylic acid groups (broad SMARTS) is 1. The van der Waals surface area contributed by atoms with Gasteiger partial charge in [-0.05, 0) is 80.7 Å². The first-order valence-corrected chi connectivity index (χ1v) is 12.7. The van der Waals surface area contributed by atoms with E-state index in [1.807, 2.05) is 19.3 Å². The van der Waals surface area contributed by atoms with Crippen LogP contribution in [0.3, 0.4) is 0 Å². The summed E-state index contributed by atoms with van der Waals surface area (Å²) in [6, 6.07) is 10.5. The largest absolute Gasteiger partial charge is 0.480 e. The minimum absolute atomic E-state index is 0.301. The van der Waals surface area contributed by atoms with Crippen LogP contribution in [0.25, 0.3) is 11.1 Å². The number of carbonyl (C=O) groups is 2. The van der Waals surface area contributed by atoms with Crippen molar-refractivity contribution in [3.63, 3.8) is 0 Å². The summed E-state index contributed by atoms with van der Waals surface area (Å²) < 4.78 is 7.40. The molecule has 8 heteroatoms. The molecule has 1 unspecified atom stereocenters. The Morgan fingerprint density at radius 1 is 1.11 bits per heavy atom. The highest BCUT2D eigenvalue weighted by Gasteiger charge is 2.20. The predicted molar refractivity (Wildman–Crippen MR) is 137 cm³/mol. The van der Waals surface area contributed by atoms with Gasteiger partial charge in [0.2, 0.25) is 0 Å². The van der Waals surface area contributed by atoms with Crippen LogP contribution in [0.1, 0.15) is 59.4 Å². The molecule has 1 aromatic carbocycles. The zero-order chi connectivity index (χ0) is 25.3. The van der Waals surface area contributed by atoms with Gasteiger partial charge in [-0.1, -0.05) is 18.2 Å². The number of ether oxygens (including phenoxy) is 1. The lowest BCUT2D eigenvalue weighted by Crippen LogP contribution is -2.40. The average Bonchev–Trinajstić information content (AvgIpc) is 3.33. The second-order valence-corrected chi connectivity index (χ2v) is 9.32. The third-order valence-corrected chi connectivity index (χ3v) is 6.51. The van der Waals surface area contributed by atoms with Gasteiger partial charge in [-0.25, -0.2) is 4.79 Å².